The summed E-state index contributed by atoms with van der Waals surface area (Å²) < 4.78 is 26.5. The number of sulfonamides is 1. The van der Waals surface area contributed by atoms with Crippen molar-refractivity contribution in [2.75, 3.05) is 19.3 Å². The Bertz CT molecular complexity index is 854. The van der Waals surface area contributed by atoms with Crippen LogP contribution >= 0.6 is 0 Å². The van der Waals surface area contributed by atoms with Crippen molar-refractivity contribution in [3.05, 3.63) is 65.2 Å². The first kappa shape index (κ1) is 18.6. The van der Waals surface area contributed by atoms with Crippen molar-refractivity contribution in [2.45, 2.75) is 37.3 Å². The number of phenolic OH excluding ortho intramolecular Hbond substituents is 1. The van der Waals surface area contributed by atoms with Crippen molar-refractivity contribution in [3.8, 4) is 5.75 Å². The van der Waals surface area contributed by atoms with Crippen LogP contribution in [-0.2, 0) is 26.6 Å². The summed E-state index contributed by atoms with van der Waals surface area (Å²) in [4.78, 5) is 2.44. The van der Waals surface area contributed by atoms with E-state index >= 15 is 0 Å². The molecule has 1 aliphatic heterocycles. The Morgan fingerprint density at radius 2 is 1.85 bits per heavy atom. The van der Waals surface area contributed by atoms with Gasteiger partial charge in [0.05, 0.1) is 6.04 Å². The van der Waals surface area contributed by atoms with Crippen LogP contribution in [0.2, 0.25) is 0 Å². The highest BCUT2D eigenvalue weighted by Crippen LogP contribution is 2.51. The fourth-order valence-corrected chi connectivity index (χ4v) is 5.46. The molecule has 2 unspecified atom stereocenters. The van der Waals surface area contributed by atoms with Gasteiger partial charge in [-0.25, -0.2) is 0 Å². The van der Waals surface area contributed by atoms with E-state index in [4.69, 9.17) is 0 Å². The second-order valence-corrected chi connectivity index (χ2v) is 9.74. The number of likely N-dealkylation sites (tertiary alicyclic amines) is 1. The second-order valence-electron chi connectivity index (χ2n) is 7.96. The van der Waals surface area contributed by atoms with Crippen molar-refractivity contribution in [2.24, 2.45) is 0 Å². The normalized spacial score (nSPS) is 23.9. The largest absolute Gasteiger partial charge is 0.598 e. The number of aromatic hydroxyl groups is 1. The predicted octanol–water partition coefficient (Wildman–Crippen LogP) is 3.14. The summed E-state index contributed by atoms with van der Waals surface area (Å²) in [7, 11) is -3.24. The topological polar surface area (TPSA) is 75.6 Å². The zero-order valence-electron chi connectivity index (χ0n) is 15.6. The molecule has 1 aliphatic carbocycles. The van der Waals surface area contributed by atoms with E-state index in [1.54, 1.807) is 12.1 Å². The summed E-state index contributed by atoms with van der Waals surface area (Å²) in [6, 6.07) is 15.6. The van der Waals surface area contributed by atoms with Gasteiger partial charge in [-0.2, -0.15) is 0 Å². The van der Waals surface area contributed by atoms with E-state index in [0.717, 1.165) is 44.5 Å². The second kappa shape index (κ2) is 7.02. The van der Waals surface area contributed by atoms with Crippen molar-refractivity contribution in [3.63, 3.8) is 0 Å². The van der Waals surface area contributed by atoms with E-state index in [1.165, 1.54) is 17.4 Å². The van der Waals surface area contributed by atoms with Crippen molar-refractivity contribution < 1.29 is 13.9 Å². The minimum Gasteiger partial charge on any atom is -0.598 e. The minimum absolute atomic E-state index is 0.0599. The highest BCUT2D eigenvalue weighted by atomic mass is 32.3. The first-order valence-corrected chi connectivity index (χ1v) is 11.3. The van der Waals surface area contributed by atoms with Gasteiger partial charge >= 0.3 is 0 Å². The fraction of sp³-hybridized carbons (Fsp3) is 0.429. The zero-order valence-corrected chi connectivity index (χ0v) is 16.4. The molecular weight excluding hydrogens is 360 g/mol. The number of piperidine rings is 1. The van der Waals surface area contributed by atoms with Crippen LogP contribution in [0, 0.1) is 0 Å². The Balaban J connectivity index is 1.48. The number of nitrogens with one attached hydrogen (secondary N) is 1. The Hall–Kier alpha value is -1.73. The molecule has 5 nitrogen and oxygen atoms in total. The molecule has 0 bridgehead atoms. The lowest BCUT2D eigenvalue weighted by molar-refractivity contribution is 0.148. The first-order chi connectivity index (χ1) is 12.8. The van der Waals surface area contributed by atoms with Gasteiger partial charge in [-0.3, -0.25) is 4.90 Å². The number of rotatable bonds is 4. The molecule has 1 spiro atoms. The Kier molecular flexibility index (Phi) is 4.84. The van der Waals surface area contributed by atoms with E-state index in [-0.39, 0.29) is 11.5 Å². The summed E-state index contributed by atoms with van der Waals surface area (Å²) in [5.41, 5.74) is 3.71. The number of hydrogen-bond acceptors (Lipinski definition) is 4. The maximum Gasteiger partial charge on any atom is 0.120 e. The highest BCUT2D eigenvalue weighted by molar-refractivity contribution is 7.95. The van der Waals surface area contributed by atoms with Crippen LogP contribution in [0.4, 0.5) is 0 Å². The molecule has 2 aromatic carbocycles. The zero-order chi connectivity index (χ0) is 19.1. The standard InChI is InChI=1S/C21H26N2O3S/c1-27(25,26)22-20-14-21(19-5-3-2-4-18(19)20)10-12-23(13-11-21)15-16-6-8-17(24)9-7-16/h2-9,20H,10-15H2,1H3,(H2-,22,24,25,26). The third-order valence-electron chi connectivity index (χ3n) is 6.01. The quantitative estimate of drug-likeness (QED) is 0.792. The van der Waals surface area contributed by atoms with E-state index in [0.29, 0.717) is 5.75 Å². The van der Waals surface area contributed by atoms with Gasteiger partial charge in [0.2, 0.25) is 0 Å². The molecule has 2 atom stereocenters. The van der Waals surface area contributed by atoms with E-state index in [1.807, 2.05) is 18.2 Å². The van der Waals surface area contributed by atoms with E-state index < -0.39 is 10.4 Å². The molecule has 27 heavy (non-hydrogen) atoms. The molecule has 2 aromatic rings. The molecule has 2 N–H and O–H groups in total. The fourth-order valence-electron chi connectivity index (χ4n) is 4.73. The Labute approximate surface area is 161 Å². The van der Waals surface area contributed by atoms with Gasteiger partial charge in [-0.05, 0) is 61.2 Å². The van der Waals surface area contributed by atoms with E-state index in [2.05, 4.69) is 27.8 Å². The van der Waals surface area contributed by atoms with Crippen LogP contribution in [0.5, 0.6) is 5.75 Å². The summed E-state index contributed by atoms with van der Waals surface area (Å²) in [6.07, 6.45) is 4.14. The highest BCUT2D eigenvalue weighted by Gasteiger charge is 2.46. The van der Waals surface area contributed by atoms with Crippen LogP contribution in [0.25, 0.3) is 0 Å². The van der Waals surface area contributed by atoms with Crippen LogP contribution < -0.4 is 4.72 Å². The lowest BCUT2D eigenvalue weighted by Crippen LogP contribution is -2.42. The molecule has 0 radical (unpaired) electrons. The molecule has 0 amide bonds. The third-order valence-corrected chi connectivity index (χ3v) is 6.73. The summed E-state index contributed by atoms with van der Waals surface area (Å²) in [5, 5.41) is 9.44. The van der Waals surface area contributed by atoms with Crippen molar-refractivity contribution >= 4 is 10.4 Å². The predicted molar refractivity (Wildman–Crippen MR) is 106 cm³/mol. The number of benzene rings is 2. The molecule has 144 valence electrons. The van der Waals surface area contributed by atoms with Crippen LogP contribution in [0.15, 0.2) is 48.5 Å². The monoisotopic (exact) mass is 386 g/mol. The lowest BCUT2D eigenvalue weighted by atomic mass is 9.73. The number of phenols is 1. The maximum atomic E-state index is 11.8. The number of hydrogen-bond donors (Lipinski definition) is 2. The lowest BCUT2D eigenvalue weighted by Gasteiger charge is -2.40. The third kappa shape index (κ3) is 3.94. The number of fused-ring (bicyclic) bond motifs is 2. The van der Waals surface area contributed by atoms with Gasteiger partial charge in [0.15, 0.2) is 0 Å². The molecule has 4 rings (SSSR count). The smallest absolute Gasteiger partial charge is 0.120 e. The Morgan fingerprint density at radius 3 is 2.52 bits per heavy atom. The minimum atomic E-state index is -3.24. The van der Waals surface area contributed by atoms with Crippen molar-refractivity contribution in [1.29, 1.82) is 0 Å². The van der Waals surface area contributed by atoms with Gasteiger partial charge in [0, 0.05) is 12.0 Å². The Morgan fingerprint density at radius 1 is 1.19 bits per heavy atom. The molecule has 1 saturated heterocycles. The average Bonchev–Trinajstić information content (AvgIpc) is 2.91. The maximum absolute atomic E-state index is 11.8. The van der Waals surface area contributed by atoms with Crippen LogP contribution in [0.3, 0.4) is 0 Å². The molecule has 0 aromatic heterocycles. The van der Waals surface area contributed by atoms with Gasteiger partial charge < -0.3 is 9.66 Å². The first-order valence-electron chi connectivity index (χ1n) is 9.42. The van der Waals surface area contributed by atoms with Crippen LogP contribution in [-0.4, -0.2) is 33.9 Å². The molecule has 0 saturated carbocycles. The van der Waals surface area contributed by atoms with Gasteiger partial charge in [-0.15, -0.1) is 4.72 Å². The molecule has 1 heterocycles. The summed E-state index contributed by atoms with van der Waals surface area (Å²) in [6.45, 7) is 2.85. The SMILES string of the molecule is C[S+](=O)([O-])NC1CC2(CCN(Cc3ccc(O)cc3)CC2)c2ccccc21. The van der Waals surface area contributed by atoms with Crippen molar-refractivity contribution in [1.82, 2.24) is 9.62 Å². The number of nitrogens with zero attached hydrogens (tertiary/aromatic N) is 1. The van der Waals surface area contributed by atoms with Gasteiger partial charge in [0.1, 0.15) is 22.4 Å². The molecule has 6 heteroatoms. The van der Waals surface area contributed by atoms with Crippen LogP contribution in [0.1, 0.15) is 42.0 Å². The molecular formula is C21H26N2O3S. The van der Waals surface area contributed by atoms with Gasteiger partial charge in [-0.1, -0.05) is 40.6 Å². The summed E-state index contributed by atoms with van der Waals surface area (Å²) in [5.74, 6) is 0.295. The summed E-state index contributed by atoms with van der Waals surface area (Å²) >= 11 is 0. The molecule has 2 aliphatic rings. The average molecular weight is 387 g/mol. The molecule has 1 fully saturated rings. The van der Waals surface area contributed by atoms with E-state index in [9.17, 15) is 13.9 Å². The van der Waals surface area contributed by atoms with Gasteiger partial charge in [0.25, 0.3) is 0 Å².